The number of hydrogen-bond acceptors (Lipinski definition) is 5. The molecule has 1 N–H and O–H groups in total. The number of aliphatic carboxylic acids is 1. The Morgan fingerprint density at radius 2 is 1.59 bits per heavy atom. The topological polar surface area (TPSA) is 62.7 Å². The van der Waals surface area contributed by atoms with E-state index in [1.807, 2.05) is 34.5 Å². The molecule has 0 bridgehead atoms. The number of hydrogen-bond donors (Lipinski definition) is 1. The molecule has 0 aliphatic heterocycles. The Morgan fingerprint density at radius 3 is 2.18 bits per heavy atom. The van der Waals surface area contributed by atoms with Crippen LogP contribution in [0.15, 0.2) is 78.2 Å². The van der Waals surface area contributed by atoms with E-state index in [4.69, 9.17) is 21.3 Å². The lowest BCUT2D eigenvalue weighted by Gasteiger charge is -2.23. The summed E-state index contributed by atoms with van der Waals surface area (Å²) in [5.74, 6) is -0.618. The van der Waals surface area contributed by atoms with Gasteiger partial charge in [0.25, 0.3) is 0 Å². The van der Waals surface area contributed by atoms with Crippen LogP contribution in [0.5, 0.6) is 5.75 Å². The van der Waals surface area contributed by atoms with Crippen LogP contribution in [-0.2, 0) is 23.9 Å². The van der Waals surface area contributed by atoms with Crippen molar-refractivity contribution in [1.82, 2.24) is 4.98 Å². The van der Waals surface area contributed by atoms with Crippen LogP contribution in [0.3, 0.4) is 0 Å². The molecular formula is C29H26ClF3N2O3S. The van der Waals surface area contributed by atoms with Crippen LogP contribution >= 0.6 is 22.9 Å². The molecule has 0 spiro atoms. The van der Waals surface area contributed by atoms with E-state index < -0.39 is 23.3 Å². The number of ether oxygens (including phenoxy) is 1. The zero-order valence-corrected chi connectivity index (χ0v) is 22.8. The normalized spacial score (nSPS) is 11.8. The number of aromatic nitrogens is 1. The molecule has 0 saturated carbocycles. The fourth-order valence-electron chi connectivity index (χ4n) is 3.75. The Labute approximate surface area is 233 Å². The molecule has 4 rings (SSSR count). The zero-order valence-electron chi connectivity index (χ0n) is 21.2. The Bertz CT molecular complexity index is 1400. The molecule has 0 amide bonds. The second-order valence-corrected chi connectivity index (χ2v) is 10.7. The number of carboxylic acids is 1. The highest BCUT2D eigenvalue weighted by Gasteiger charge is 2.30. The van der Waals surface area contributed by atoms with Crippen molar-refractivity contribution in [3.63, 3.8) is 0 Å². The quantitative estimate of drug-likeness (QED) is 0.208. The monoisotopic (exact) mass is 574 g/mol. The first-order chi connectivity index (χ1) is 18.4. The van der Waals surface area contributed by atoms with Gasteiger partial charge in [0.15, 0.2) is 10.7 Å². The lowest BCUT2D eigenvalue weighted by molar-refractivity contribution is -0.152. The molecule has 5 nitrogen and oxygen atoms in total. The van der Waals surface area contributed by atoms with E-state index >= 15 is 0 Å². The third-order valence-electron chi connectivity index (χ3n) is 6.04. The number of anilines is 1. The summed E-state index contributed by atoms with van der Waals surface area (Å²) < 4.78 is 44.7. The fourth-order valence-corrected chi connectivity index (χ4v) is 4.74. The summed E-state index contributed by atoms with van der Waals surface area (Å²) >= 11 is 7.46. The van der Waals surface area contributed by atoms with Crippen molar-refractivity contribution in [1.29, 1.82) is 0 Å². The largest absolute Gasteiger partial charge is 0.478 e. The van der Waals surface area contributed by atoms with Crippen molar-refractivity contribution >= 4 is 34.0 Å². The van der Waals surface area contributed by atoms with Crippen molar-refractivity contribution in [2.24, 2.45) is 0 Å². The first kappa shape index (κ1) is 28.4. The van der Waals surface area contributed by atoms with Gasteiger partial charge in [0.1, 0.15) is 5.75 Å². The van der Waals surface area contributed by atoms with E-state index in [-0.39, 0.29) is 0 Å². The Hall–Kier alpha value is -3.56. The standard InChI is InChI=1S/C29H26ClF3N2O3S/c1-28(2,26(36)37)38-24-13-5-19(6-14-24)15-16-35(17-20-3-9-22(10-4-20)29(31,32)33)27-34-25(18-39-27)21-7-11-23(30)12-8-21/h3-14,18H,15-17H2,1-2H3,(H,36,37). The first-order valence-corrected chi connectivity index (χ1v) is 13.3. The number of nitrogens with zero attached hydrogens (tertiary/aromatic N) is 2. The van der Waals surface area contributed by atoms with E-state index in [0.717, 1.165) is 39.6 Å². The average Bonchev–Trinajstić information content (AvgIpc) is 3.37. The lowest BCUT2D eigenvalue weighted by atomic mass is 10.1. The molecular weight excluding hydrogens is 549 g/mol. The maximum absolute atomic E-state index is 13.0. The predicted molar refractivity (Wildman–Crippen MR) is 148 cm³/mol. The van der Waals surface area contributed by atoms with E-state index in [1.165, 1.54) is 37.3 Å². The van der Waals surface area contributed by atoms with Crippen LogP contribution in [0, 0.1) is 0 Å². The van der Waals surface area contributed by atoms with Gasteiger partial charge < -0.3 is 14.7 Å². The minimum absolute atomic E-state index is 0.375. The van der Waals surface area contributed by atoms with Gasteiger partial charge in [-0.3, -0.25) is 0 Å². The highest BCUT2D eigenvalue weighted by atomic mass is 35.5. The molecule has 3 aromatic carbocycles. The fraction of sp³-hybridized carbons (Fsp3) is 0.241. The third-order valence-corrected chi connectivity index (χ3v) is 7.19. The number of halogens is 4. The molecule has 1 aromatic heterocycles. The lowest BCUT2D eigenvalue weighted by Crippen LogP contribution is -2.37. The van der Waals surface area contributed by atoms with Gasteiger partial charge in [0.05, 0.1) is 11.3 Å². The van der Waals surface area contributed by atoms with Gasteiger partial charge in [-0.25, -0.2) is 9.78 Å². The highest BCUT2D eigenvalue weighted by molar-refractivity contribution is 7.14. The zero-order chi connectivity index (χ0) is 28.2. The van der Waals surface area contributed by atoms with Crippen molar-refractivity contribution in [2.45, 2.75) is 38.6 Å². The van der Waals surface area contributed by atoms with Crippen molar-refractivity contribution in [3.8, 4) is 17.0 Å². The molecule has 0 aliphatic carbocycles. The van der Waals surface area contributed by atoms with Gasteiger partial charge >= 0.3 is 12.1 Å². The SMILES string of the molecule is CC(C)(Oc1ccc(CCN(Cc2ccc(C(F)(F)F)cc2)c2nc(-c3ccc(Cl)cc3)cs2)cc1)C(=O)O. The van der Waals surface area contributed by atoms with Gasteiger partial charge in [-0.1, -0.05) is 48.0 Å². The van der Waals surface area contributed by atoms with Gasteiger partial charge in [-0.15, -0.1) is 11.3 Å². The molecule has 10 heteroatoms. The summed E-state index contributed by atoms with van der Waals surface area (Å²) in [6.07, 6.45) is -3.77. The molecule has 0 saturated heterocycles. The average molecular weight is 575 g/mol. The molecule has 204 valence electrons. The summed E-state index contributed by atoms with van der Waals surface area (Å²) in [5.41, 5.74) is 1.37. The van der Waals surface area contributed by atoms with Gasteiger partial charge in [0.2, 0.25) is 0 Å². The number of carboxylic acid groups (broad SMARTS) is 1. The summed E-state index contributed by atoms with van der Waals surface area (Å²) in [5, 5.41) is 12.6. The number of alkyl halides is 3. The number of thiazole rings is 1. The molecule has 39 heavy (non-hydrogen) atoms. The second-order valence-electron chi connectivity index (χ2n) is 9.45. The first-order valence-electron chi connectivity index (χ1n) is 12.0. The smallest absolute Gasteiger partial charge is 0.416 e. The Kier molecular flexibility index (Phi) is 8.51. The van der Waals surface area contributed by atoms with Crippen LogP contribution in [0.25, 0.3) is 11.3 Å². The van der Waals surface area contributed by atoms with Crippen LogP contribution in [0.2, 0.25) is 5.02 Å². The van der Waals surface area contributed by atoms with Gasteiger partial charge in [-0.05, 0) is 67.8 Å². The second kappa shape index (κ2) is 11.7. The third kappa shape index (κ3) is 7.52. The van der Waals surface area contributed by atoms with E-state index in [0.29, 0.717) is 30.3 Å². The molecule has 0 atom stereocenters. The number of carbonyl (C=O) groups is 1. The van der Waals surface area contributed by atoms with E-state index in [2.05, 4.69) is 0 Å². The molecule has 0 radical (unpaired) electrons. The number of rotatable bonds is 10. The number of benzene rings is 3. The summed E-state index contributed by atoms with van der Waals surface area (Å²) in [6.45, 7) is 3.89. The minimum Gasteiger partial charge on any atom is -0.478 e. The van der Waals surface area contributed by atoms with Gasteiger partial charge in [0, 0.05) is 29.1 Å². The van der Waals surface area contributed by atoms with Crippen molar-refractivity contribution in [3.05, 3.63) is 99.9 Å². The van der Waals surface area contributed by atoms with Crippen LogP contribution < -0.4 is 9.64 Å². The van der Waals surface area contributed by atoms with Crippen LogP contribution in [-0.4, -0.2) is 28.2 Å². The van der Waals surface area contributed by atoms with E-state index in [1.54, 1.807) is 24.3 Å². The van der Waals surface area contributed by atoms with Gasteiger partial charge in [-0.2, -0.15) is 13.2 Å². The Balaban J connectivity index is 1.52. The molecule has 0 fully saturated rings. The molecule has 0 unspecified atom stereocenters. The van der Waals surface area contributed by atoms with Crippen LogP contribution in [0.1, 0.15) is 30.5 Å². The maximum atomic E-state index is 13.0. The van der Waals surface area contributed by atoms with Crippen LogP contribution in [0.4, 0.5) is 18.3 Å². The predicted octanol–water partition coefficient (Wildman–Crippen LogP) is 7.97. The highest BCUT2D eigenvalue weighted by Crippen LogP contribution is 2.32. The molecule has 1 heterocycles. The van der Waals surface area contributed by atoms with E-state index in [9.17, 15) is 23.1 Å². The summed E-state index contributed by atoms with van der Waals surface area (Å²) in [4.78, 5) is 18.2. The maximum Gasteiger partial charge on any atom is 0.416 e. The van der Waals surface area contributed by atoms with Crippen molar-refractivity contribution in [2.75, 3.05) is 11.4 Å². The summed E-state index contributed by atoms with van der Waals surface area (Å²) in [7, 11) is 0. The molecule has 0 aliphatic rings. The molecule has 4 aromatic rings. The summed E-state index contributed by atoms with van der Waals surface area (Å²) in [6, 6.07) is 19.7. The Morgan fingerprint density at radius 1 is 0.974 bits per heavy atom. The van der Waals surface area contributed by atoms with Crippen molar-refractivity contribution < 1.29 is 27.8 Å². The minimum atomic E-state index is -4.39.